The Morgan fingerprint density at radius 3 is 2.84 bits per heavy atom. The number of amides is 1. The first-order chi connectivity index (χ1) is 12.2. The molecule has 0 saturated heterocycles. The van der Waals surface area contributed by atoms with Crippen molar-refractivity contribution in [3.8, 4) is 17.0 Å². The van der Waals surface area contributed by atoms with Gasteiger partial charge in [-0.15, -0.1) is 11.3 Å². The molecule has 1 unspecified atom stereocenters. The third-order valence-electron chi connectivity index (χ3n) is 4.15. The number of hydrogen-bond acceptors (Lipinski definition) is 4. The Morgan fingerprint density at radius 1 is 1.20 bits per heavy atom. The highest BCUT2D eigenvalue weighted by atomic mass is 32.1. The zero-order valence-corrected chi connectivity index (χ0v) is 14.1. The maximum Gasteiger partial charge on any atom is 0.233 e. The minimum Gasteiger partial charge on any atom is -0.493 e. The van der Waals surface area contributed by atoms with Crippen molar-refractivity contribution in [2.45, 2.75) is 12.3 Å². The summed E-state index contributed by atoms with van der Waals surface area (Å²) in [4.78, 5) is 17.1. The quantitative estimate of drug-likeness (QED) is 0.756. The van der Waals surface area contributed by atoms with E-state index in [1.165, 1.54) is 23.5 Å². The molecular weight excluding hydrogens is 339 g/mol. The number of nitrogens with one attached hydrogen (secondary N) is 1. The summed E-state index contributed by atoms with van der Waals surface area (Å²) in [6, 6.07) is 13.7. The minimum atomic E-state index is -0.286. The molecule has 6 heteroatoms. The molecule has 1 aliphatic rings. The minimum absolute atomic E-state index is 0.0873. The normalized spacial score (nSPS) is 16.0. The molecule has 1 N–H and O–H groups in total. The molecule has 25 heavy (non-hydrogen) atoms. The number of benzene rings is 2. The summed E-state index contributed by atoms with van der Waals surface area (Å²) in [5.74, 6) is 0.143. The third kappa shape index (κ3) is 3.25. The number of halogens is 1. The van der Waals surface area contributed by atoms with Crippen molar-refractivity contribution in [3.63, 3.8) is 0 Å². The SMILES string of the molecule is O=C(Nc1nc(-c2ccc(F)cc2)cs1)C1CCOc2ccccc21. The van der Waals surface area contributed by atoms with E-state index in [0.717, 1.165) is 16.9 Å². The maximum absolute atomic E-state index is 13.0. The second-order valence-corrected chi connectivity index (χ2v) is 6.62. The molecule has 1 aliphatic heterocycles. The zero-order valence-electron chi connectivity index (χ0n) is 13.2. The molecule has 2 aromatic carbocycles. The van der Waals surface area contributed by atoms with E-state index in [0.29, 0.717) is 23.9 Å². The average molecular weight is 354 g/mol. The molecule has 0 saturated carbocycles. The van der Waals surface area contributed by atoms with Crippen molar-refractivity contribution in [1.29, 1.82) is 0 Å². The third-order valence-corrected chi connectivity index (χ3v) is 4.91. The van der Waals surface area contributed by atoms with Crippen LogP contribution < -0.4 is 10.1 Å². The number of para-hydroxylation sites is 1. The van der Waals surface area contributed by atoms with E-state index >= 15 is 0 Å². The number of anilines is 1. The van der Waals surface area contributed by atoms with Gasteiger partial charge in [0.1, 0.15) is 11.6 Å². The van der Waals surface area contributed by atoms with E-state index in [9.17, 15) is 9.18 Å². The topological polar surface area (TPSA) is 51.2 Å². The second kappa shape index (κ2) is 6.64. The lowest BCUT2D eigenvalue weighted by Crippen LogP contribution is -2.26. The molecule has 0 bridgehead atoms. The summed E-state index contributed by atoms with van der Waals surface area (Å²) in [5, 5.41) is 5.28. The molecular formula is C19H15FN2O2S. The van der Waals surface area contributed by atoms with E-state index in [-0.39, 0.29) is 17.6 Å². The highest BCUT2D eigenvalue weighted by Crippen LogP contribution is 2.34. The van der Waals surface area contributed by atoms with Crippen LogP contribution in [0.4, 0.5) is 9.52 Å². The first-order valence-corrected chi connectivity index (χ1v) is 8.83. The number of ether oxygens (including phenoxy) is 1. The van der Waals surface area contributed by atoms with Gasteiger partial charge in [0.2, 0.25) is 5.91 Å². The van der Waals surface area contributed by atoms with Gasteiger partial charge in [0.15, 0.2) is 5.13 Å². The fourth-order valence-corrected chi connectivity index (χ4v) is 3.61. The number of carbonyl (C=O) groups excluding carboxylic acids is 1. The summed E-state index contributed by atoms with van der Waals surface area (Å²) in [6.07, 6.45) is 0.638. The van der Waals surface area contributed by atoms with Crippen LogP contribution in [-0.2, 0) is 4.79 Å². The highest BCUT2D eigenvalue weighted by Gasteiger charge is 2.27. The predicted octanol–water partition coefficient (Wildman–Crippen LogP) is 4.45. The predicted molar refractivity (Wildman–Crippen MR) is 95.4 cm³/mol. The van der Waals surface area contributed by atoms with Gasteiger partial charge in [0.05, 0.1) is 18.2 Å². The molecule has 4 rings (SSSR count). The number of hydrogen-bond donors (Lipinski definition) is 1. The number of thiazole rings is 1. The van der Waals surface area contributed by atoms with Gasteiger partial charge in [-0.2, -0.15) is 0 Å². The molecule has 1 atom stereocenters. The van der Waals surface area contributed by atoms with E-state index in [1.807, 2.05) is 29.6 Å². The molecule has 3 aromatic rings. The van der Waals surface area contributed by atoms with Gasteiger partial charge in [0.25, 0.3) is 0 Å². The Balaban J connectivity index is 1.52. The largest absolute Gasteiger partial charge is 0.493 e. The first-order valence-electron chi connectivity index (χ1n) is 7.95. The van der Waals surface area contributed by atoms with Crippen LogP contribution >= 0.6 is 11.3 Å². The maximum atomic E-state index is 13.0. The average Bonchev–Trinajstić information content (AvgIpc) is 3.10. The summed E-state index contributed by atoms with van der Waals surface area (Å²) in [6.45, 7) is 0.522. The number of fused-ring (bicyclic) bond motifs is 1. The summed E-state index contributed by atoms with van der Waals surface area (Å²) in [5.41, 5.74) is 2.43. The van der Waals surface area contributed by atoms with Crippen molar-refractivity contribution in [2.75, 3.05) is 11.9 Å². The Bertz CT molecular complexity index is 908. The van der Waals surface area contributed by atoms with Crippen molar-refractivity contribution < 1.29 is 13.9 Å². The molecule has 2 heterocycles. The van der Waals surface area contributed by atoms with Crippen LogP contribution in [0.2, 0.25) is 0 Å². The first kappa shape index (κ1) is 15.8. The van der Waals surface area contributed by atoms with Gasteiger partial charge in [-0.3, -0.25) is 4.79 Å². The van der Waals surface area contributed by atoms with Crippen LogP contribution in [0.5, 0.6) is 5.75 Å². The van der Waals surface area contributed by atoms with Crippen LogP contribution in [0, 0.1) is 5.82 Å². The number of nitrogens with zero attached hydrogens (tertiary/aromatic N) is 1. The number of rotatable bonds is 3. The van der Waals surface area contributed by atoms with E-state index in [1.54, 1.807) is 12.1 Å². The lowest BCUT2D eigenvalue weighted by atomic mass is 9.92. The monoisotopic (exact) mass is 354 g/mol. The van der Waals surface area contributed by atoms with Gasteiger partial charge in [-0.05, 0) is 36.8 Å². The molecule has 0 fully saturated rings. The lowest BCUT2D eigenvalue weighted by Gasteiger charge is -2.24. The Hall–Kier alpha value is -2.73. The fraction of sp³-hybridized carbons (Fsp3) is 0.158. The zero-order chi connectivity index (χ0) is 17.2. The van der Waals surface area contributed by atoms with E-state index in [4.69, 9.17) is 4.74 Å². The van der Waals surface area contributed by atoms with Crippen LogP contribution in [-0.4, -0.2) is 17.5 Å². The van der Waals surface area contributed by atoms with Crippen molar-refractivity contribution >= 4 is 22.4 Å². The Kier molecular flexibility index (Phi) is 4.19. The molecule has 0 spiro atoms. The van der Waals surface area contributed by atoms with Gasteiger partial charge < -0.3 is 10.1 Å². The van der Waals surface area contributed by atoms with Gasteiger partial charge in [-0.1, -0.05) is 18.2 Å². The fourth-order valence-electron chi connectivity index (χ4n) is 2.89. The van der Waals surface area contributed by atoms with Crippen LogP contribution in [0.3, 0.4) is 0 Å². The van der Waals surface area contributed by atoms with Crippen LogP contribution in [0.25, 0.3) is 11.3 Å². The smallest absolute Gasteiger partial charge is 0.233 e. The molecule has 1 amide bonds. The van der Waals surface area contributed by atoms with E-state index < -0.39 is 0 Å². The summed E-state index contributed by atoms with van der Waals surface area (Å²) in [7, 11) is 0. The molecule has 0 radical (unpaired) electrons. The highest BCUT2D eigenvalue weighted by molar-refractivity contribution is 7.14. The van der Waals surface area contributed by atoms with E-state index in [2.05, 4.69) is 10.3 Å². The molecule has 126 valence electrons. The second-order valence-electron chi connectivity index (χ2n) is 5.76. The number of carbonyl (C=O) groups is 1. The summed E-state index contributed by atoms with van der Waals surface area (Å²) >= 11 is 1.35. The molecule has 0 aliphatic carbocycles. The summed E-state index contributed by atoms with van der Waals surface area (Å²) < 4.78 is 18.6. The molecule has 1 aromatic heterocycles. The lowest BCUT2D eigenvalue weighted by molar-refractivity contribution is -0.118. The molecule has 4 nitrogen and oxygen atoms in total. The van der Waals surface area contributed by atoms with Crippen LogP contribution in [0.15, 0.2) is 53.9 Å². The van der Waals surface area contributed by atoms with Gasteiger partial charge in [-0.25, -0.2) is 9.37 Å². The Morgan fingerprint density at radius 2 is 2.00 bits per heavy atom. The van der Waals surface area contributed by atoms with Gasteiger partial charge >= 0.3 is 0 Å². The standard InChI is InChI=1S/C19H15FN2O2S/c20-13-7-5-12(6-8-13)16-11-25-19(21-16)22-18(23)15-9-10-24-17-4-2-1-3-14(15)17/h1-8,11,15H,9-10H2,(H,21,22,23). The van der Waals surface area contributed by atoms with Gasteiger partial charge in [0, 0.05) is 16.5 Å². The Labute approximate surface area is 148 Å². The van der Waals surface area contributed by atoms with Crippen molar-refractivity contribution in [3.05, 3.63) is 65.3 Å². The van der Waals surface area contributed by atoms with Crippen LogP contribution in [0.1, 0.15) is 17.9 Å². The van der Waals surface area contributed by atoms with Crippen molar-refractivity contribution in [2.24, 2.45) is 0 Å². The van der Waals surface area contributed by atoms with Crippen molar-refractivity contribution in [1.82, 2.24) is 4.98 Å². The number of aromatic nitrogens is 1.